The Morgan fingerprint density at radius 2 is 1.89 bits per heavy atom. The van der Waals surface area contributed by atoms with Gasteiger partial charge in [0.1, 0.15) is 18.5 Å². The molecule has 1 aliphatic rings. The maximum atomic E-state index is 12.5. The first-order valence-electron chi connectivity index (χ1n) is 9.39. The Kier molecular flexibility index (Phi) is 6.37. The van der Waals surface area contributed by atoms with Crippen molar-refractivity contribution in [3.63, 3.8) is 0 Å². The van der Waals surface area contributed by atoms with Crippen LogP contribution in [-0.2, 0) is 19.5 Å². The first kappa shape index (κ1) is 20.0. The smallest absolute Gasteiger partial charge is 0.257 e. The molecule has 0 N–H and O–H groups in total. The predicted octanol–water partition coefficient (Wildman–Crippen LogP) is 3.30. The van der Waals surface area contributed by atoms with Gasteiger partial charge in [0.15, 0.2) is 5.69 Å². The summed E-state index contributed by atoms with van der Waals surface area (Å²) in [5.41, 5.74) is 3.00. The third-order valence-corrected chi connectivity index (χ3v) is 4.77. The monoisotopic (exact) mass is 397 g/mol. The van der Waals surface area contributed by atoms with Crippen LogP contribution in [0.5, 0.6) is 5.75 Å². The summed E-state index contributed by atoms with van der Waals surface area (Å²) in [6.45, 7) is 3.82. The molecule has 6 heteroatoms. The van der Waals surface area contributed by atoms with Gasteiger partial charge < -0.3 is 9.84 Å². The Hall–Kier alpha value is -2.79. The molecule has 1 aromatic heterocycles. The maximum Gasteiger partial charge on any atom is 0.257 e. The summed E-state index contributed by atoms with van der Waals surface area (Å²) in [6.07, 6.45) is 4.18. The molecule has 146 valence electrons. The first-order chi connectivity index (χ1) is 13.2. The van der Waals surface area contributed by atoms with Crippen LogP contribution in [0.1, 0.15) is 19.2 Å². The number of rotatable bonds is 6. The Morgan fingerprint density at radius 1 is 1.14 bits per heavy atom. The predicted molar refractivity (Wildman–Crippen MR) is 110 cm³/mol. The molecule has 5 nitrogen and oxygen atoms in total. The highest BCUT2D eigenvalue weighted by molar-refractivity contribution is 5.85. The first-order valence-corrected chi connectivity index (χ1v) is 9.39. The van der Waals surface area contributed by atoms with Crippen LogP contribution < -0.4 is 14.4 Å². The van der Waals surface area contributed by atoms with Crippen molar-refractivity contribution >= 4 is 24.0 Å². The molecule has 0 fully saturated rings. The van der Waals surface area contributed by atoms with Gasteiger partial charge >= 0.3 is 0 Å². The molecule has 2 heterocycles. The van der Waals surface area contributed by atoms with Crippen molar-refractivity contribution in [2.75, 3.05) is 6.61 Å². The number of fused-ring (bicyclic) bond motifs is 1. The van der Waals surface area contributed by atoms with Crippen LogP contribution in [0.25, 0.3) is 11.3 Å². The molecule has 0 saturated carbocycles. The molecule has 0 unspecified atom stereocenters. The van der Waals surface area contributed by atoms with E-state index >= 15 is 0 Å². The Labute approximate surface area is 171 Å². The highest BCUT2D eigenvalue weighted by Crippen LogP contribution is 2.24. The fourth-order valence-electron chi connectivity index (χ4n) is 3.59. The molecule has 0 spiro atoms. The lowest BCUT2D eigenvalue weighted by atomic mass is 10.2. The van der Waals surface area contributed by atoms with Crippen molar-refractivity contribution in [1.82, 2.24) is 4.57 Å². The standard InChI is InChI=1S/C22H23N3O2.ClH/c1-2-27-19-12-10-18(11-13-19)23-21(26)16-24-15-20(17-7-4-3-5-8-17)25-14-6-9-22(24)25;/h3-5,7-8,10-13,15H,2,6,9,14,16H2,1H3;1H. The lowest BCUT2D eigenvalue weighted by Gasteiger charge is -2.09. The lowest BCUT2D eigenvalue weighted by molar-refractivity contribution is -0.693. The van der Waals surface area contributed by atoms with Gasteiger partial charge in [-0.1, -0.05) is 30.3 Å². The van der Waals surface area contributed by atoms with Crippen LogP contribution >= 0.6 is 12.4 Å². The number of halogens is 1. The van der Waals surface area contributed by atoms with Gasteiger partial charge in [-0.05, 0) is 37.6 Å². The van der Waals surface area contributed by atoms with E-state index in [0.717, 1.165) is 30.8 Å². The van der Waals surface area contributed by atoms with E-state index in [1.807, 2.05) is 49.4 Å². The topological polar surface area (TPSA) is 53.5 Å². The normalized spacial score (nSPS) is 13.1. The summed E-state index contributed by atoms with van der Waals surface area (Å²) >= 11 is 0. The third-order valence-electron chi connectivity index (χ3n) is 4.77. The fourth-order valence-corrected chi connectivity index (χ4v) is 3.59. The van der Waals surface area contributed by atoms with Gasteiger partial charge in [0.25, 0.3) is 5.82 Å². The zero-order valence-electron chi connectivity index (χ0n) is 15.9. The Bertz CT molecular complexity index is 950. The van der Waals surface area contributed by atoms with E-state index in [1.165, 1.54) is 11.4 Å². The highest BCUT2D eigenvalue weighted by Gasteiger charge is 2.28. The Balaban J connectivity index is 0.00000225. The van der Waals surface area contributed by atoms with E-state index in [4.69, 9.17) is 4.74 Å². The highest BCUT2D eigenvalue weighted by atomic mass is 35.5. The molecule has 4 rings (SSSR count). The summed E-state index contributed by atoms with van der Waals surface area (Å²) in [7, 11) is 0. The van der Waals surface area contributed by atoms with E-state index in [-0.39, 0.29) is 24.8 Å². The van der Waals surface area contributed by atoms with Crippen LogP contribution in [-0.4, -0.2) is 17.1 Å². The summed E-state index contributed by atoms with van der Waals surface area (Å²) < 4.78 is 9.79. The molecule has 0 saturated heterocycles. The van der Waals surface area contributed by atoms with Crippen molar-refractivity contribution in [2.24, 2.45) is 4.99 Å². The van der Waals surface area contributed by atoms with E-state index in [9.17, 15) is 5.11 Å². The second-order valence-corrected chi connectivity index (χ2v) is 6.61. The second kappa shape index (κ2) is 8.93. The van der Waals surface area contributed by atoms with Gasteiger partial charge in [0, 0.05) is 11.5 Å². The quantitative estimate of drug-likeness (QED) is 0.364. The summed E-state index contributed by atoms with van der Waals surface area (Å²) in [4.78, 5) is 4.24. The fraction of sp³-hybridized carbons (Fsp3) is 0.273. The number of hydrogen-bond donors (Lipinski definition) is 0. The number of imidazole rings is 1. The van der Waals surface area contributed by atoms with Crippen LogP contribution in [0.4, 0.5) is 5.69 Å². The average Bonchev–Trinajstić information content (AvgIpc) is 3.28. The van der Waals surface area contributed by atoms with E-state index in [0.29, 0.717) is 12.3 Å². The minimum absolute atomic E-state index is 0. The van der Waals surface area contributed by atoms with Gasteiger partial charge in [-0.2, -0.15) is 0 Å². The van der Waals surface area contributed by atoms with Crippen molar-refractivity contribution in [2.45, 2.75) is 32.9 Å². The number of aromatic nitrogens is 2. The molecule has 0 bridgehead atoms. The zero-order valence-corrected chi connectivity index (χ0v) is 16.7. The number of aliphatic imine (C=N–C) groups is 1. The van der Waals surface area contributed by atoms with Gasteiger partial charge in [0.05, 0.1) is 25.3 Å². The molecule has 3 aromatic rings. The molecule has 2 aromatic carbocycles. The van der Waals surface area contributed by atoms with E-state index in [1.54, 1.807) is 0 Å². The van der Waals surface area contributed by atoms with Crippen LogP contribution in [0.15, 0.2) is 65.8 Å². The third kappa shape index (κ3) is 4.20. The lowest BCUT2D eigenvalue weighted by Crippen LogP contribution is -2.43. The number of benzene rings is 2. The molecular weight excluding hydrogens is 374 g/mol. The summed E-state index contributed by atoms with van der Waals surface area (Å²) in [6, 6.07) is 17.6. The zero-order chi connectivity index (χ0) is 18.6. The van der Waals surface area contributed by atoms with Gasteiger partial charge in [-0.3, -0.25) is 4.99 Å². The number of hydrogen-bond acceptors (Lipinski definition) is 3. The minimum atomic E-state index is -0.149. The van der Waals surface area contributed by atoms with Crippen LogP contribution in [0, 0.1) is 0 Å². The molecule has 1 aliphatic heterocycles. The molecule has 0 atom stereocenters. The van der Waals surface area contributed by atoms with Gasteiger partial charge in [-0.15, -0.1) is 12.4 Å². The molecular formula is C22H24ClN3O2. The second-order valence-electron chi connectivity index (χ2n) is 6.61. The Morgan fingerprint density at radius 3 is 2.61 bits per heavy atom. The summed E-state index contributed by atoms with van der Waals surface area (Å²) in [5.74, 6) is 1.84. The SMILES string of the molecule is CCOc1ccc(N=C([O-])C[n+]2cc(-c3ccccc3)n3c2CCC3)cc1.Cl. The van der Waals surface area contributed by atoms with Crippen molar-refractivity contribution in [3.8, 4) is 17.0 Å². The largest absolute Gasteiger partial charge is 0.859 e. The molecule has 0 radical (unpaired) electrons. The minimum Gasteiger partial charge on any atom is -0.859 e. The van der Waals surface area contributed by atoms with E-state index in [2.05, 4.69) is 32.5 Å². The van der Waals surface area contributed by atoms with Gasteiger partial charge in [0.2, 0.25) is 0 Å². The average molecular weight is 398 g/mol. The van der Waals surface area contributed by atoms with E-state index < -0.39 is 0 Å². The summed E-state index contributed by atoms with van der Waals surface area (Å²) in [5, 5.41) is 12.5. The molecule has 0 amide bonds. The van der Waals surface area contributed by atoms with Crippen molar-refractivity contribution in [1.29, 1.82) is 0 Å². The number of nitrogens with zero attached hydrogens (tertiary/aromatic N) is 3. The van der Waals surface area contributed by atoms with Crippen LogP contribution in [0.2, 0.25) is 0 Å². The van der Waals surface area contributed by atoms with Gasteiger partial charge in [-0.25, -0.2) is 9.13 Å². The van der Waals surface area contributed by atoms with Crippen molar-refractivity contribution in [3.05, 3.63) is 66.6 Å². The maximum absolute atomic E-state index is 12.5. The van der Waals surface area contributed by atoms with Crippen LogP contribution in [0.3, 0.4) is 0 Å². The number of ether oxygens (including phenoxy) is 1. The molecule has 0 aliphatic carbocycles. The van der Waals surface area contributed by atoms with Crippen molar-refractivity contribution < 1.29 is 14.4 Å². The molecule has 28 heavy (non-hydrogen) atoms.